The number of non-ortho nitro benzene ring substituents is 1. The Balaban J connectivity index is 1.76. The number of aromatic nitrogens is 2. The highest BCUT2D eigenvalue weighted by molar-refractivity contribution is 5.99. The molecule has 0 aliphatic carbocycles. The summed E-state index contributed by atoms with van der Waals surface area (Å²) in [7, 11) is 0. The van der Waals surface area contributed by atoms with Gasteiger partial charge in [-0.25, -0.2) is 0 Å². The van der Waals surface area contributed by atoms with E-state index >= 15 is 0 Å². The number of hydrogen-bond donors (Lipinski definition) is 1. The van der Waals surface area contributed by atoms with Crippen LogP contribution in [0.1, 0.15) is 21.5 Å². The number of phenolic OH excluding ortho intramolecular Hbond substituents is 1. The van der Waals surface area contributed by atoms with Crippen LogP contribution in [-0.4, -0.2) is 43.3 Å². The van der Waals surface area contributed by atoms with E-state index in [1.54, 1.807) is 41.3 Å². The van der Waals surface area contributed by atoms with Crippen molar-refractivity contribution in [2.75, 3.05) is 6.54 Å². The molecule has 0 aliphatic rings. The summed E-state index contributed by atoms with van der Waals surface area (Å²) >= 11 is 0. The molecule has 1 heterocycles. The summed E-state index contributed by atoms with van der Waals surface area (Å²) in [5.74, 6) is -1.09. The SMILES string of the molecule is O=C(CN=Cc1cc([N+](=O)[O-])cc([N+](=O)[O-])c1O)c1cccc(Cn2cccn2)c1. The molecule has 0 saturated carbocycles. The summed E-state index contributed by atoms with van der Waals surface area (Å²) in [6.45, 7) is 0.184. The molecule has 11 nitrogen and oxygen atoms in total. The van der Waals surface area contributed by atoms with Crippen LogP contribution < -0.4 is 0 Å². The Bertz CT molecular complexity index is 1140. The van der Waals surface area contributed by atoms with E-state index in [4.69, 9.17) is 0 Å². The number of aromatic hydroxyl groups is 1. The normalized spacial score (nSPS) is 10.9. The molecule has 11 heteroatoms. The van der Waals surface area contributed by atoms with Crippen LogP contribution in [-0.2, 0) is 6.54 Å². The molecule has 0 fully saturated rings. The van der Waals surface area contributed by atoms with Crippen molar-refractivity contribution in [2.24, 2.45) is 4.99 Å². The predicted molar refractivity (Wildman–Crippen MR) is 106 cm³/mol. The van der Waals surface area contributed by atoms with Crippen LogP contribution in [0, 0.1) is 20.2 Å². The lowest BCUT2D eigenvalue weighted by molar-refractivity contribution is -0.394. The molecule has 1 N–H and O–H groups in total. The smallest absolute Gasteiger partial charge is 0.318 e. The van der Waals surface area contributed by atoms with E-state index in [1.165, 1.54) is 0 Å². The fraction of sp³-hybridized carbons (Fsp3) is 0.105. The van der Waals surface area contributed by atoms with Gasteiger partial charge in [0.1, 0.15) is 6.54 Å². The molecule has 0 amide bonds. The Morgan fingerprint density at radius 2 is 1.97 bits per heavy atom. The van der Waals surface area contributed by atoms with E-state index in [9.17, 15) is 30.1 Å². The lowest BCUT2D eigenvalue weighted by Gasteiger charge is -2.04. The van der Waals surface area contributed by atoms with Crippen molar-refractivity contribution in [1.29, 1.82) is 0 Å². The second-order valence-corrected chi connectivity index (χ2v) is 6.21. The Labute approximate surface area is 169 Å². The highest BCUT2D eigenvalue weighted by Gasteiger charge is 2.23. The van der Waals surface area contributed by atoms with Gasteiger partial charge in [0.2, 0.25) is 5.75 Å². The van der Waals surface area contributed by atoms with Gasteiger partial charge in [-0.15, -0.1) is 0 Å². The molecule has 30 heavy (non-hydrogen) atoms. The summed E-state index contributed by atoms with van der Waals surface area (Å²) in [5.41, 5.74) is -0.343. The van der Waals surface area contributed by atoms with E-state index in [0.717, 1.165) is 17.8 Å². The average molecular weight is 409 g/mol. The molecule has 0 radical (unpaired) electrons. The third-order valence-corrected chi connectivity index (χ3v) is 4.13. The Morgan fingerprint density at radius 1 is 1.17 bits per heavy atom. The van der Waals surface area contributed by atoms with E-state index in [-0.39, 0.29) is 17.9 Å². The van der Waals surface area contributed by atoms with Gasteiger partial charge in [-0.1, -0.05) is 18.2 Å². The van der Waals surface area contributed by atoms with Crippen molar-refractivity contribution in [3.05, 3.63) is 91.8 Å². The number of Topliss-reactive ketones (excluding diaryl/α,β-unsaturated/α-hetero) is 1. The predicted octanol–water partition coefficient (Wildman–Crippen LogP) is 2.76. The van der Waals surface area contributed by atoms with Gasteiger partial charge >= 0.3 is 5.69 Å². The molecule has 0 saturated heterocycles. The molecular formula is C19H15N5O6. The second-order valence-electron chi connectivity index (χ2n) is 6.21. The zero-order valence-electron chi connectivity index (χ0n) is 15.4. The fourth-order valence-corrected chi connectivity index (χ4v) is 2.71. The zero-order chi connectivity index (χ0) is 21.7. The van der Waals surface area contributed by atoms with Crippen LogP contribution in [0.15, 0.2) is 59.9 Å². The molecule has 0 atom stereocenters. The first-order valence-corrected chi connectivity index (χ1v) is 8.60. The Kier molecular flexibility index (Phi) is 5.92. The minimum Gasteiger partial charge on any atom is -0.502 e. The number of rotatable bonds is 8. The topological polar surface area (TPSA) is 154 Å². The number of nitro groups is 2. The summed E-state index contributed by atoms with van der Waals surface area (Å²) in [4.78, 5) is 36.5. The summed E-state index contributed by atoms with van der Waals surface area (Å²) in [6, 6.07) is 10.3. The first-order chi connectivity index (χ1) is 14.3. The van der Waals surface area contributed by atoms with Crippen molar-refractivity contribution in [3.8, 4) is 5.75 Å². The third kappa shape index (κ3) is 4.70. The molecule has 3 rings (SSSR count). The molecule has 0 unspecified atom stereocenters. The van der Waals surface area contributed by atoms with Gasteiger partial charge in [-0.2, -0.15) is 5.10 Å². The number of carbonyl (C=O) groups is 1. The summed E-state index contributed by atoms with van der Waals surface area (Å²) in [6.07, 6.45) is 4.45. The van der Waals surface area contributed by atoms with Crippen molar-refractivity contribution in [3.63, 3.8) is 0 Å². The highest BCUT2D eigenvalue weighted by Crippen LogP contribution is 2.33. The van der Waals surface area contributed by atoms with Crippen LogP contribution in [0.3, 0.4) is 0 Å². The van der Waals surface area contributed by atoms with E-state index in [1.807, 2.05) is 6.07 Å². The molecular weight excluding hydrogens is 394 g/mol. The molecule has 0 spiro atoms. The molecule has 3 aromatic rings. The van der Waals surface area contributed by atoms with Crippen LogP contribution in [0.2, 0.25) is 0 Å². The number of nitro benzene ring substituents is 2. The maximum atomic E-state index is 12.4. The standard InChI is InChI=1S/C19H15N5O6/c25-18(14-4-1-3-13(7-14)12-22-6-2-5-21-22)11-20-10-15-8-16(23(27)28)9-17(19(15)26)24(29)30/h1-10,26H,11-12H2. The van der Waals surface area contributed by atoms with Crippen molar-refractivity contribution in [2.45, 2.75) is 6.54 Å². The Morgan fingerprint density at radius 3 is 2.63 bits per heavy atom. The lowest BCUT2D eigenvalue weighted by atomic mass is 10.1. The minimum atomic E-state index is -0.935. The molecule has 152 valence electrons. The number of nitrogens with zero attached hydrogens (tertiary/aromatic N) is 5. The van der Waals surface area contributed by atoms with E-state index in [2.05, 4.69) is 10.1 Å². The third-order valence-electron chi connectivity index (χ3n) is 4.13. The first-order valence-electron chi connectivity index (χ1n) is 8.60. The van der Waals surface area contributed by atoms with Crippen LogP contribution in [0.5, 0.6) is 5.75 Å². The van der Waals surface area contributed by atoms with E-state index in [0.29, 0.717) is 18.2 Å². The van der Waals surface area contributed by atoms with Crippen molar-refractivity contribution < 1.29 is 19.7 Å². The number of hydrogen-bond acceptors (Lipinski definition) is 8. The quantitative estimate of drug-likeness (QED) is 0.260. The largest absolute Gasteiger partial charge is 0.502 e. The second kappa shape index (κ2) is 8.73. The van der Waals surface area contributed by atoms with Crippen molar-refractivity contribution >= 4 is 23.4 Å². The van der Waals surface area contributed by atoms with Gasteiger partial charge in [0.05, 0.1) is 22.5 Å². The number of aliphatic imine (C=N–C) groups is 1. The molecule has 2 aromatic carbocycles. The van der Waals surface area contributed by atoms with Gasteiger partial charge in [-0.3, -0.25) is 34.7 Å². The van der Waals surface area contributed by atoms with Gasteiger partial charge in [0, 0.05) is 35.8 Å². The minimum absolute atomic E-state index is 0.226. The van der Waals surface area contributed by atoms with E-state index < -0.39 is 27.0 Å². The number of ketones is 1. The summed E-state index contributed by atoms with van der Waals surface area (Å²) < 4.78 is 1.71. The zero-order valence-corrected chi connectivity index (χ0v) is 15.4. The summed E-state index contributed by atoms with van der Waals surface area (Å²) in [5, 5.41) is 36.0. The van der Waals surface area contributed by atoms with Crippen LogP contribution in [0.25, 0.3) is 0 Å². The highest BCUT2D eigenvalue weighted by atomic mass is 16.6. The fourth-order valence-electron chi connectivity index (χ4n) is 2.71. The van der Waals surface area contributed by atoms with Gasteiger partial charge in [0.25, 0.3) is 5.69 Å². The van der Waals surface area contributed by atoms with Gasteiger partial charge in [-0.05, 0) is 17.7 Å². The van der Waals surface area contributed by atoms with Crippen LogP contribution in [0.4, 0.5) is 11.4 Å². The van der Waals surface area contributed by atoms with Gasteiger partial charge in [0.15, 0.2) is 5.78 Å². The lowest BCUT2D eigenvalue weighted by Crippen LogP contribution is -2.06. The maximum absolute atomic E-state index is 12.4. The monoisotopic (exact) mass is 409 g/mol. The van der Waals surface area contributed by atoms with Crippen LogP contribution >= 0.6 is 0 Å². The van der Waals surface area contributed by atoms with Gasteiger partial charge < -0.3 is 5.11 Å². The average Bonchev–Trinajstić information content (AvgIpc) is 3.22. The number of carbonyl (C=O) groups excluding carboxylic acids is 1. The molecule has 1 aromatic heterocycles. The number of phenols is 1. The maximum Gasteiger partial charge on any atom is 0.318 e. The Hall–Kier alpha value is -4.41. The molecule has 0 bridgehead atoms. The first kappa shape index (κ1) is 20.3. The number of benzene rings is 2. The van der Waals surface area contributed by atoms with Crippen molar-refractivity contribution in [1.82, 2.24) is 9.78 Å². The molecule has 0 aliphatic heterocycles.